The highest BCUT2D eigenvalue weighted by molar-refractivity contribution is 5.80. The first-order valence-electron chi connectivity index (χ1n) is 9.27. The zero-order chi connectivity index (χ0) is 22.2. The van der Waals surface area contributed by atoms with Gasteiger partial charge in [-0.3, -0.25) is 5.43 Å². The van der Waals surface area contributed by atoms with Crippen LogP contribution in [-0.4, -0.2) is 40.5 Å². The number of nitrogens with one attached hydrogen (secondary N) is 3. The number of hydrazine groups is 1. The molecular formula is C20H31N3O6. The van der Waals surface area contributed by atoms with Crippen LogP contribution in [0.1, 0.15) is 52.7 Å². The third-order valence-corrected chi connectivity index (χ3v) is 3.33. The van der Waals surface area contributed by atoms with E-state index in [1.807, 2.05) is 0 Å². The summed E-state index contributed by atoms with van der Waals surface area (Å²) in [6.45, 7) is 10.8. The average Bonchev–Trinajstić information content (AvgIpc) is 2.52. The lowest BCUT2D eigenvalue weighted by atomic mass is 10.0. The van der Waals surface area contributed by atoms with Gasteiger partial charge in [-0.1, -0.05) is 24.3 Å². The summed E-state index contributed by atoms with van der Waals surface area (Å²) in [7, 11) is 0. The first-order chi connectivity index (χ1) is 13.2. The average molecular weight is 409 g/mol. The number of carboxylic acids is 1. The van der Waals surface area contributed by atoms with E-state index in [1.165, 1.54) is 0 Å². The van der Waals surface area contributed by atoms with E-state index >= 15 is 0 Å². The largest absolute Gasteiger partial charge is 0.480 e. The fourth-order valence-corrected chi connectivity index (χ4v) is 2.20. The van der Waals surface area contributed by atoms with Crippen LogP contribution in [0.3, 0.4) is 0 Å². The summed E-state index contributed by atoms with van der Waals surface area (Å²) >= 11 is 0. The maximum atomic E-state index is 11.8. The lowest BCUT2D eigenvalue weighted by Gasteiger charge is -2.22. The second-order valence-electron chi connectivity index (χ2n) is 8.54. The maximum absolute atomic E-state index is 11.8. The minimum absolute atomic E-state index is 0.110. The van der Waals surface area contributed by atoms with Gasteiger partial charge in [0.15, 0.2) is 0 Å². The van der Waals surface area contributed by atoms with Crippen LogP contribution in [0.5, 0.6) is 0 Å². The van der Waals surface area contributed by atoms with Crippen molar-refractivity contribution in [2.24, 2.45) is 0 Å². The molecule has 0 radical (unpaired) electrons. The van der Waals surface area contributed by atoms with E-state index in [0.717, 1.165) is 11.1 Å². The number of ether oxygens (including phenoxy) is 2. The first-order valence-corrected chi connectivity index (χ1v) is 9.27. The molecule has 0 spiro atoms. The van der Waals surface area contributed by atoms with Crippen molar-refractivity contribution in [3.8, 4) is 0 Å². The van der Waals surface area contributed by atoms with Gasteiger partial charge >= 0.3 is 18.2 Å². The number of rotatable bonds is 7. The second-order valence-corrected chi connectivity index (χ2v) is 8.54. The zero-order valence-corrected chi connectivity index (χ0v) is 17.8. The van der Waals surface area contributed by atoms with E-state index in [9.17, 15) is 19.5 Å². The Labute approximate surface area is 171 Å². The Balaban J connectivity index is 2.55. The molecule has 4 N–H and O–H groups in total. The predicted octanol–water partition coefficient (Wildman–Crippen LogP) is 2.74. The van der Waals surface area contributed by atoms with Gasteiger partial charge in [-0.05, 0) is 52.7 Å². The van der Waals surface area contributed by atoms with Crippen LogP contribution >= 0.6 is 0 Å². The summed E-state index contributed by atoms with van der Waals surface area (Å²) < 4.78 is 10.2. The van der Waals surface area contributed by atoms with Gasteiger partial charge in [0.1, 0.15) is 17.2 Å². The Bertz CT molecular complexity index is 704. The molecule has 1 unspecified atom stereocenters. The molecule has 162 valence electrons. The van der Waals surface area contributed by atoms with Gasteiger partial charge in [0.2, 0.25) is 0 Å². The molecular weight excluding hydrogens is 378 g/mol. The number of carbonyl (C=O) groups excluding carboxylic acids is 2. The van der Waals surface area contributed by atoms with Crippen molar-refractivity contribution in [2.75, 3.05) is 0 Å². The van der Waals surface area contributed by atoms with Crippen LogP contribution in [0.4, 0.5) is 9.59 Å². The highest BCUT2D eigenvalue weighted by Crippen LogP contribution is 2.10. The van der Waals surface area contributed by atoms with Gasteiger partial charge < -0.3 is 19.9 Å². The molecule has 9 nitrogen and oxygen atoms in total. The van der Waals surface area contributed by atoms with Crippen molar-refractivity contribution in [2.45, 2.75) is 71.8 Å². The van der Waals surface area contributed by atoms with Crippen molar-refractivity contribution in [3.05, 3.63) is 35.4 Å². The molecule has 1 atom stereocenters. The Morgan fingerprint density at radius 1 is 0.897 bits per heavy atom. The summed E-state index contributed by atoms with van der Waals surface area (Å²) in [5.74, 6) is -1.15. The predicted molar refractivity (Wildman–Crippen MR) is 107 cm³/mol. The lowest BCUT2D eigenvalue weighted by Crippen LogP contribution is -2.44. The molecule has 2 amide bonds. The molecule has 0 fully saturated rings. The van der Waals surface area contributed by atoms with Crippen molar-refractivity contribution < 1.29 is 29.0 Å². The topological polar surface area (TPSA) is 126 Å². The Morgan fingerprint density at radius 3 is 1.86 bits per heavy atom. The molecule has 0 heterocycles. The number of amides is 2. The number of carboxylic acid groups (broad SMARTS) is 1. The molecule has 0 aliphatic carbocycles. The molecule has 0 saturated heterocycles. The number of alkyl carbamates (subject to hydrolysis) is 1. The summed E-state index contributed by atoms with van der Waals surface area (Å²) in [6.07, 6.45) is -1.25. The minimum atomic E-state index is -1.15. The van der Waals surface area contributed by atoms with E-state index in [-0.39, 0.29) is 6.42 Å². The normalized spacial score (nSPS) is 12.6. The molecule has 1 aromatic rings. The van der Waals surface area contributed by atoms with Gasteiger partial charge in [-0.15, -0.1) is 0 Å². The van der Waals surface area contributed by atoms with Crippen molar-refractivity contribution >= 4 is 18.2 Å². The Morgan fingerprint density at radius 2 is 1.38 bits per heavy atom. The van der Waals surface area contributed by atoms with Crippen molar-refractivity contribution in [3.63, 3.8) is 0 Å². The van der Waals surface area contributed by atoms with Crippen LogP contribution in [0.25, 0.3) is 0 Å². The highest BCUT2D eigenvalue weighted by Gasteiger charge is 2.24. The minimum Gasteiger partial charge on any atom is -0.480 e. The van der Waals surface area contributed by atoms with Crippen LogP contribution in [0, 0.1) is 0 Å². The zero-order valence-electron chi connectivity index (χ0n) is 17.8. The Hall–Kier alpha value is -2.81. The van der Waals surface area contributed by atoms with Crippen LogP contribution in [-0.2, 0) is 27.2 Å². The third kappa shape index (κ3) is 10.9. The second kappa shape index (κ2) is 10.1. The Kier molecular flexibility index (Phi) is 8.44. The first kappa shape index (κ1) is 24.2. The number of benzene rings is 1. The molecule has 0 bridgehead atoms. The molecule has 29 heavy (non-hydrogen) atoms. The van der Waals surface area contributed by atoms with E-state index in [4.69, 9.17) is 9.47 Å². The quantitative estimate of drug-likeness (QED) is 0.510. The fraction of sp³-hybridized carbons (Fsp3) is 0.550. The van der Waals surface area contributed by atoms with Gasteiger partial charge in [-0.2, -0.15) is 0 Å². The van der Waals surface area contributed by atoms with E-state index in [2.05, 4.69) is 16.2 Å². The van der Waals surface area contributed by atoms with Crippen LogP contribution < -0.4 is 16.2 Å². The maximum Gasteiger partial charge on any atom is 0.422 e. The van der Waals surface area contributed by atoms with Gasteiger partial charge in [-0.25, -0.2) is 19.8 Å². The van der Waals surface area contributed by atoms with Crippen molar-refractivity contribution in [1.82, 2.24) is 16.2 Å². The van der Waals surface area contributed by atoms with E-state index in [1.54, 1.807) is 65.8 Å². The van der Waals surface area contributed by atoms with E-state index in [0.29, 0.717) is 6.54 Å². The highest BCUT2D eigenvalue weighted by atomic mass is 16.6. The fourth-order valence-electron chi connectivity index (χ4n) is 2.20. The smallest absolute Gasteiger partial charge is 0.422 e. The van der Waals surface area contributed by atoms with Gasteiger partial charge in [0.25, 0.3) is 0 Å². The van der Waals surface area contributed by atoms with Gasteiger partial charge in [0, 0.05) is 13.0 Å². The summed E-state index contributed by atoms with van der Waals surface area (Å²) in [5.41, 5.74) is 5.51. The monoisotopic (exact) mass is 409 g/mol. The van der Waals surface area contributed by atoms with Crippen LogP contribution in [0.2, 0.25) is 0 Å². The molecule has 0 aliphatic heterocycles. The third-order valence-electron chi connectivity index (χ3n) is 3.33. The van der Waals surface area contributed by atoms with E-state index < -0.39 is 35.4 Å². The number of hydrogen-bond donors (Lipinski definition) is 4. The standard InChI is InChI=1S/C20H31N3O6/c1-19(2,3)28-17(26)22-15(16(24)25)11-13-7-9-14(10-8-13)12-21-23-18(27)29-20(4,5)6/h7-10,15,21H,11-12H2,1-6H3,(H,22,26)(H,23,27)(H,24,25). The molecule has 9 heteroatoms. The summed E-state index contributed by atoms with van der Waals surface area (Å²) in [5, 5.41) is 11.7. The number of hydrogen-bond acceptors (Lipinski definition) is 6. The molecule has 0 aromatic heterocycles. The summed E-state index contributed by atoms with van der Waals surface area (Å²) in [4.78, 5) is 34.8. The molecule has 0 aliphatic rings. The SMILES string of the molecule is CC(C)(C)OC(=O)NNCc1ccc(CC(NC(=O)OC(C)(C)C)C(=O)O)cc1. The molecule has 1 rings (SSSR count). The number of aliphatic carboxylic acids is 1. The van der Waals surface area contributed by atoms with Gasteiger partial charge in [0.05, 0.1) is 0 Å². The lowest BCUT2D eigenvalue weighted by molar-refractivity contribution is -0.139. The molecule has 0 saturated carbocycles. The van der Waals surface area contributed by atoms with Crippen LogP contribution in [0.15, 0.2) is 24.3 Å². The summed E-state index contributed by atoms with van der Waals surface area (Å²) in [6, 6.07) is 6.01. The number of carbonyl (C=O) groups is 3. The van der Waals surface area contributed by atoms with Crippen molar-refractivity contribution in [1.29, 1.82) is 0 Å². The molecule has 1 aromatic carbocycles.